The van der Waals surface area contributed by atoms with Crippen molar-refractivity contribution in [3.8, 4) is 17.2 Å². The Hall–Kier alpha value is -2.80. The van der Waals surface area contributed by atoms with Gasteiger partial charge in [-0.05, 0) is 29.3 Å². The van der Waals surface area contributed by atoms with Crippen molar-refractivity contribution in [1.82, 2.24) is 10.2 Å². The second-order valence-corrected chi connectivity index (χ2v) is 4.24. The number of hydrogen-bond donors (Lipinski definition) is 2. The van der Waals surface area contributed by atoms with Crippen LogP contribution < -0.4 is 5.32 Å². The second-order valence-electron chi connectivity index (χ2n) is 4.24. The van der Waals surface area contributed by atoms with E-state index in [-0.39, 0.29) is 0 Å². The largest absolute Gasteiger partial charge is 0.371 e. The van der Waals surface area contributed by atoms with Crippen LogP contribution in [0.4, 0.5) is 5.82 Å². The second kappa shape index (κ2) is 4.46. The van der Waals surface area contributed by atoms with E-state index in [9.17, 15) is 5.26 Å². The van der Waals surface area contributed by atoms with Gasteiger partial charge in [-0.25, -0.2) is 0 Å². The first-order chi connectivity index (χ1) is 9.33. The predicted octanol–water partition coefficient (Wildman–Crippen LogP) is 3.14. The molecule has 4 heteroatoms. The monoisotopic (exact) mass is 248 g/mol. The van der Waals surface area contributed by atoms with Crippen molar-refractivity contribution in [2.45, 2.75) is 0 Å². The molecule has 0 aliphatic heterocycles. The lowest BCUT2D eigenvalue weighted by Crippen LogP contribution is -1.88. The first-order valence-corrected chi connectivity index (χ1v) is 5.99. The number of fused-ring (bicyclic) bond motifs is 1. The summed E-state index contributed by atoms with van der Waals surface area (Å²) in [5.41, 5.74) is 3.61. The number of rotatable bonds is 2. The lowest BCUT2D eigenvalue weighted by atomic mass is 9.99. The zero-order chi connectivity index (χ0) is 13.2. The summed E-state index contributed by atoms with van der Waals surface area (Å²) in [4.78, 5) is 0. The van der Waals surface area contributed by atoms with Gasteiger partial charge < -0.3 is 5.32 Å². The molecule has 0 amide bonds. The van der Waals surface area contributed by atoms with E-state index in [1.165, 1.54) is 0 Å². The molecule has 0 fully saturated rings. The van der Waals surface area contributed by atoms with E-state index in [1.807, 2.05) is 49.5 Å². The molecular formula is C15H12N4. The summed E-state index contributed by atoms with van der Waals surface area (Å²) in [7, 11) is 1.84. The summed E-state index contributed by atoms with van der Waals surface area (Å²) in [6.07, 6.45) is 0. The van der Waals surface area contributed by atoms with Crippen molar-refractivity contribution >= 4 is 16.7 Å². The third-order valence-electron chi connectivity index (χ3n) is 3.16. The van der Waals surface area contributed by atoms with E-state index in [4.69, 9.17) is 0 Å². The molecule has 2 aromatic carbocycles. The molecule has 19 heavy (non-hydrogen) atoms. The third kappa shape index (κ3) is 1.81. The highest BCUT2D eigenvalue weighted by atomic mass is 15.2. The lowest BCUT2D eigenvalue weighted by molar-refractivity contribution is 1.11. The Balaban J connectivity index is 2.23. The van der Waals surface area contributed by atoms with Gasteiger partial charge in [0.05, 0.1) is 17.1 Å². The van der Waals surface area contributed by atoms with Crippen molar-refractivity contribution in [2.24, 2.45) is 0 Å². The Bertz CT molecular complexity index is 780. The zero-order valence-electron chi connectivity index (χ0n) is 10.4. The molecule has 0 atom stereocenters. The minimum atomic E-state index is 0.677. The third-order valence-corrected chi connectivity index (χ3v) is 3.16. The van der Waals surface area contributed by atoms with Crippen LogP contribution in [0.5, 0.6) is 0 Å². The van der Waals surface area contributed by atoms with E-state index < -0.39 is 0 Å². The van der Waals surface area contributed by atoms with Gasteiger partial charge in [-0.15, -0.1) is 0 Å². The number of aromatic amines is 1. The number of H-pyrrole nitrogens is 1. The van der Waals surface area contributed by atoms with Gasteiger partial charge >= 0.3 is 0 Å². The normalized spacial score (nSPS) is 10.3. The maximum Gasteiger partial charge on any atom is 0.155 e. The standard InChI is InChI=1S/C15H12N4/c1-17-15-13-8-10(6-7-14(13)18-19-15)12-5-3-2-4-11(12)9-16/h2-8H,1H3,(H2,17,18,19). The summed E-state index contributed by atoms with van der Waals surface area (Å²) in [6.45, 7) is 0. The fourth-order valence-electron chi connectivity index (χ4n) is 2.20. The fraction of sp³-hybridized carbons (Fsp3) is 0.0667. The molecule has 3 aromatic rings. The van der Waals surface area contributed by atoms with Gasteiger partial charge in [-0.1, -0.05) is 24.3 Å². The molecule has 0 aliphatic carbocycles. The summed E-state index contributed by atoms with van der Waals surface area (Å²) >= 11 is 0. The minimum absolute atomic E-state index is 0.677. The highest BCUT2D eigenvalue weighted by Crippen LogP contribution is 2.29. The van der Waals surface area contributed by atoms with Gasteiger partial charge in [0.15, 0.2) is 5.82 Å². The lowest BCUT2D eigenvalue weighted by Gasteiger charge is -2.04. The molecule has 0 saturated heterocycles. The van der Waals surface area contributed by atoms with E-state index in [0.29, 0.717) is 5.56 Å². The number of nitrogens with zero attached hydrogens (tertiary/aromatic N) is 2. The smallest absolute Gasteiger partial charge is 0.155 e. The van der Waals surface area contributed by atoms with Crippen LogP contribution >= 0.6 is 0 Å². The average molecular weight is 248 g/mol. The van der Waals surface area contributed by atoms with Crippen LogP contribution in [0.25, 0.3) is 22.0 Å². The number of nitriles is 1. The van der Waals surface area contributed by atoms with Gasteiger partial charge in [0, 0.05) is 12.4 Å². The highest BCUT2D eigenvalue weighted by molar-refractivity contribution is 5.93. The molecule has 0 aliphatic rings. The van der Waals surface area contributed by atoms with Crippen molar-refractivity contribution in [3.05, 3.63) is 48.0 Å². The first kappa shape index (κ1) is 11.3. The summed E-state index contributed by atoms with van der Waals surface area (Å²) < 4.78 is 0. The van der Waals surface area contributed by atoms with Crippen LogP contribution in [-0.4, -0.2) is 17.2 Å². The molecule has 0 spiro atoms. The van der Waals surface area contributed by atoms with Crippen LogP contribution in [0.15, 0.2) is 42.5 Å². The van der Waals surface area contributed by atoms with Crippen molar-refractivity contribution < 1.29 is 0 Å². The van der Waals surface area contributed by atoms with Gasteiger partial charge in [-0.3, -0.25) is 5.10 Å². The summed E-state index contributed by atoms with van der Waals surface area (Å²) in [6, 6.07) is 15.8. The number of aromatic nitrogens is 2. The van der Waals surface area contributed by atoms with Crippen LogP contribution in [0.1, 0.15) is 5.56 Å². The molecular weight excluding hydrogens is 236 g/mol. The van der Waals surface area contributed by atoms with E-state index in [2.05, 4.69) is 21.6 Å². The molecule has 0 bridgehead atoms. The summed E-state index contributed by atoms with van der Waals surface area (Å²) in [5, 5.41) is 20.4. The molecule has 4 nitrogen and oxygen atoms in total. The molecule has 0 unspecified atom stereocenters. The molecule has 3 rings (SSSR count). The number of anilines is 1. The van der Waals surface area contributed by atoms with E-state index in [1.54, 1.807) is 0 Å². The Morgan fingerprint density at radius 3 is 2.84 bits per heavy atom. The fourth-order valence-corrected chi connectivity index (χ4v) is 2.20. The van der Waals surface area contributed by atoms with Gasteiger partial charge in [0.1, 0.15) is 0 Å². The molecule has 0 saturated carbocycles. The Labute approximate surface area is 110 Å². The van der Waals surface area contributed by atoms with Crippen LogP contribution in [-0.2, 0) is 0 Å². The van der Waals surface area contributed by atoms with Gasteiger partial charge in [0.25, 0.3) is 0 Å². The van der Waals surface area contributed by atoms with Crippen molar-refractivity contribution in [2.75, 3.05) is 12.4 Å². The Kier molecular flexibility index (Phi) is 2.66. The van der Waals surface area contributed by atoms with Crippen molar-refractivity contribution in [3.63, 3.8) is 0 Å². The summed E-state index contributed by atoms with van der Waals surface area (Å²) in [5.74, 6) is 0.811. The zero-order valence-corrected chi connectivity index (χ0v) is 10.4. The van der Waals surface area contributed by atoms with E-state index in [0.717, 1.165) is 27.8 Å². The van der Waals surface area contributed by atoms with E-state index >= 15 is 0 Å². The molecule has 2 N–H and O–H groups in total. The number of nitrogens with one attached hydrogen (secondary N) is 2. The maximum absolute atomic E-state index is 9.17. The van der Waals surface area contributed by atoms with Gasteiger partial charge in [0.2, 0.25) is 0 Å². The predicted molar refractivity (Wildman–Crippen MR) is 75.8 cm³/mol. The minimum Gasteiger partial charge on any atom is -0.371 e. The Morgan fingerprint density at radius 2 is 2.05 bits per heavy atom. The SMILES string of the molecule is CNc1n[nH]c2ccc(-c3ccccc3C#N)cc12. The van der Waals surface area contributed by atoms with Gasteiger partial charge in [-0.2, -0.15) is 10.4 Å². The Morgan fingerprint density at radius 1 is 1.21 bits per heavy atom. The highest BCUT2D eigenvalue weighted by Gasteiger charge is 2.08. The molecule has 1 aromatic heterocycles. The number of hydrogen-bond acceptors (Lipinski definition) is 3. The topological polar surface area (TPSA) is 64.5 Å². The molecule has 92 valence electrons. The van der Waals surface area contributed by atoms with Crippen LogP contribution in [0.2, 0.25) is 0 Å². The quantitative estimate of drug-likeness (QED) is 0.732. The maximum atomic E-state index is 9.17. The molecule has 1 heterocycles. The van der Waals surface area contributed by atoms with Crippen LogP contribution in [0.3, 0.4) is 0 Å². The molecule has 0 radical (unpaired) electrons. The van der Waals surface area contributed by atoms with Crippen molar-refractivity contribution in [1.29, 1.82) is 5.26 Å². The first-order valence-electron chi connectivity index (χ1n) is 5.99. The average Bonchev–Trinajstić information content (AvgIpc) is 2.89. The van der Waals surface area contributed by atoms with Crippen LogP contribution in [0, 0.1) is 11.3 Å². The number of benzene rings is 2.